The standard InChI is InChI=1S/C14H15N3OS/c1-10-13(19-9-15-10)17-8-12(16-14(17)18)7-11-5-3-2-4-6-11/h2-6,9,12H,7-8H2,1H3,(H,16,18). The Morgan fingerprint density at radius 3 is 2.89 bits per heavy atom. The molecule has 0 saturated carbocycles. The number of carbonyl (C=O) groups excluding carboxylic acids is 1. The van der Waals surface area contributed by atoms with Gasteiger partial charge in [-0.15, -0.1) is 11.3 Å². The number of thiazole rings is 1. The lowest BCUT2D eigenvalue weighted by molar-refractivity contribution is 0.251. The third-order valence-electron chi connectivity index (χ3n) is 3.27. The fourth-order valence-corrected chi connectivity index (χ4v) is 3.16. The number of anilines is 1. The summed E-state index contributed by atoms with van der Waals surface area (Å²) in [7, 11) is 0. The summed E-state index contributed by atoms with van der Waals surface area (Å²) in [5.41, 5.74) is 3.94. The van der Waals surface area contributed by atoms with Crippen LogP contribution in [0, 0.1) is 6.92 Å². The topological polar surface area (TPSA) is 45.2 Å². The average molecular weight is 273 g/mol. The fraction of sp³-hybridized carbons (Fsp3) is 0.286. The maximum Gasteiger partial charge on any atom is 0.322 e. The Bertz CT molecular complexity index is 581. The molecule has 5 heteroatoms. The number of urea groups is 1. The van der Waals surface area contributed by atoms with Crippen molar-refractivity contribution in [2.75, 3.05) is 11.4 Å². The number of nitrogens with one attached hydrogen (secondary N) is 1. The van der Waals surface area contributed by atoms with Crippen molar-refractivity contribution < 1.29 is 4.79 Å². The number of carbonyl (C=O) groups is 1. The van der Waals surface area contributed by atoms with E-state index in [0.29, 0.717) is 6.54 Å². The molecular weight excluding hydrogens is 258 g/mol. The number of hydrogen-bond acceptors (Lipinski definition) is 3. The van der Waals surface area contributed by atoms with Crippen LogP contribution >= 0.6 is 11.3 Å². The van der Waals surface area contributed by atoms with Crippen molar-refractivity contribution in [3.05, 3.63) is 47.1 Å². The lowest BCUT2D eigenvalue weighted by Crippen LogP contribution is -2.29. The second kappa shape index (κ2) is 5.01. The highest BCUT2D eigenvalue weighted by Crippen LogP contribution is 2.27. The highest BCUT2D eigenvalue weighted by Gasteiger charge is 2.31. The smallest absolute Gasteiger partial charge is 0.322 e. The van der Waals surface area contributed by atoms with Crippen LogP contribution in [0.3, 0.4) is 0 Å². The zero-order chi connectivity index (χ0) is 13.2. The molecule has 1 unspecified atom stereocenters. The van der Waals surface area contributed by atoms with Gasteiger partial charge in [0.05, 0.1) is 17.2 Å². The van der Waals surface area contributed by atoms with E-state index in [9.17, 15) is 4.79 Å². The molecule has 1 aromatic heterocycles. The van der Waals surface area contributed by atoms with Gasteiger partial charge in [0.25, 0.3) is 0 Å². The molecule has 3 rings (SSSR count). The van der Waals surface area contributed by atoms with Gasteiger partial charge in [0.2, 0.25) is 0 Å². The first-order valence-corrected chi connectivity index (χ1v) is 7.14. The minimum atomic E-state index is -0.0201. The summed E-state index contributed by atoms with van der Waals surface area (Å²) in [6.07, 6.45) is 0.862. The Kier molecular flexibility index (Phi) is 3.21. The number of hydrogen-bond donors (Lipinski definition) is 1. The van der Waals surface area contributed by atoms with Crippen LogP contribution in [0.2, 0.25) is 0 Å². The molecule has 1 aliphatic heterocycles. The van der Waals surface area contributed by atoms with E-state index in [-0.39, 0.29) is 12.1 Å². The second-order valence-corrected chi connectivity index (χ2v) is 5.52. The Morgan fingerprint density at radius 2 is 2.21 bits per heavy atom. The van der Waals surface area contributed by atoms with E-state index >= 15 is 0 Å². The molecule has 1 aromatic carbocycles. The highest BCUT2D eigenvalue weighted by molar-refractivity contribution is 7.14. The Morgan fingerprint density at radius 1 is 1.42 bits per heavy atom. The van der Waals surface area contributed by atoms with Gasteiger partial charge in [0.1, 0.15) is 5.00 Å². The van der Waals surface area contributed by atoms with Crippen molar-refractivity contribution in [1.82, 2.24) is 10.3 Å². The molecule has 1 fully saturated rings. The molecule has 1 aliphatic rings. The molecule has 0 bridgehead atoms. The number of aromatic nitrogens is 1. The lowest BCUT2D eigenvalue weighted by Gasteiger charge is -2.12. The van der Waals surface area contributed by atoms with Crippen molar-refractivity contribution in [2.24, 2.45) is 0 Å². The molecule has 98 valence electrons. The molecule has 1 saturated heterocycles. The number of amides is 2. The van der Waals surface area contributed by atoms with Crippen LogP contribution in [0.4, 0.5) is 9.80 Å². The van der Waals surface area contributed by atoms with Gasteiger partial charge in [-0.2, -0.15) is 0 Å². The molecule has 4 nitrogen and oxygen atoms in total. The van der Waals surface area contributed by atoms with Crippen molar-refractivity contribution in [1.29, 1.82) is 0 Å². The van der Waals surface area contributed by atoms with Crippen LogP contribution < -0.4 is 10.2 Å². The molecule has 2 amide bonds. The molecule has 0 aliphatic carbocycles. The quantitative estimate of drug-likeness (QED) is 0.934. The summed E-state index contributed by atoms with van der Waals surface area (Å²) in [6.45, 7) is 2.64. The SMILES string of the molecule is Cc1ncsc1N1CC(Cc2ccccc2)NC1=O. The molecular formula is C14H15N3OS. The molecule has 1 atom stereocenters. The predicted molar refractivity (Wildman–Crippen MR) is 76.7 cm³/mol. The van der Waals surface area contributed by atoms with Gasteiger partial charge in [0, 0.05) is 6.54 Å². The largest absolute Gasteiger partial charge is 0.333 e. The fourth-order valence-electron chi connectivity index (χ4n) is 2.35. The van der Waals surface area contributed by atoms with Gasteiger partial charge in [-0.3, -0.25) is 4.90 Å². The Hall–Kier alpha value is -1.88. The summed E-state index contributed by atoms with van der Waals surface area (Å²) >= 11 is 1.51. The maximum absolute atomic E-state index is 12.0. The first kappa shape index (κ1) is 12.2. The van der Waals surface area contributed by atoms with Crippen LogP contribution in [-0.2, 0) is 6.42 Å². The summed E-state index contributed by atoms with van der Waals surface area (Å²) < 4.78 is 0. The van der Waals surface area contributed by atoms with Crippen LogP contribution in [0.1, 0.15) is 11.3 Å². The maximum atomic E-state index is 12.0. The molecule has 0 radical (unpaired) electrons. The number of nitrogens with zero attached hydrogens (tertiary/aromatic N) is 2. The van der Waals surface area contributed by atoms with Crippen molar-refractivity contribution >= 4 is 22.4 Å². The first-order chi connectivity index (χ1) is 9.24. The van der Waals surface area contributed by atoms with E-state index in [0.717, 1.165) is 17.1 Å². The highest BCUT2D eigenvalue weighted by atomic mass is 32.1. The normalized spacial score (nSPS) is 18.7. The van der Waals surface area contributed by atoms with Gasteiger partial charge in [0.15, 0.2) is 0 Å². The average Bonchev–Trinajstić information content (AvgIpc) is 2.97. The van der Waals surface area contributed by atoms with Gasteiger partial charge in [-0.1, -0.05) is 30.3 Å². The first-order valence-electron chi connectivity index (χ1n) is 6.26. The second-order valence-electron chi connectivity index (χ2n) is 4.69. The van der Waals surface area contributed by atoms with Crippen LogP contribution in [0.15, 0.2) is 35.8 Å². The van der Waals surface area contributed by atoms with E-state index in [1.165, 1.54) is 16.9 Å². The van der Waals surface area contributed by atoms with E-state index in [1.54, 1.807) is 10.4 Å². The molecule has 19 heavy (non-hydrogen) atoms. The van der Waals surface area contributed by atoms with Crippen molar-refractivity contribution in [3.63, 3.8) is 0 Å². The number of aryl methyl sites for hydroxylation is 1. The minimum Gasteiger partial charge on any atom is -0.333 e. The molecule has 0 spiro atoms. The number of rotatable bonds is 3. The van der Waals surface area contributed by atoms with E-state index in [4.69, 9.17) is 0 Å². The Balaban J connectivity index is 1.72. The van der Waals surface area contributed by atoms with Gasteiger partial charge >= 0.3 is 6.03 Å². The van der Waals surface area contributed by atoms with Gasteiger partial charge in [-0.25, -0.2) is 9.78 Å². The van der Waals surface area contributed by atoms with Gasteiger partial charge < -0.3 is 5.32 Å². The third-order valence-corrected chi connectivity index (χ3v) is 4.22. The summed E-state index contributed by atoms with van der Waals surface area (Å²) in [6, 6.07) is 10.4. The lowest BCUT2D eigenvalue weighted by atomic mass is 10.1. The molecule has 2 aromatic rings. The van der Waals surface area contributed by atoms with Crippen molar-refractivity contribution in [2.45, 2.75) is 19.4 Å². The monoisotopic (exact) mass is 273 g/mol. The molecule has 2 heterocycles. The van der Waals surface area contributed by atoms with Crippen LogP contribution in [0.25, 0.3) is 0 Å². The van der Waals surface area contributed by atoms with Crippen molar-refractivity contribution in [3.8, 4) is 0 Å². The summed E-state index contributed by atoms with van der Waals surface area (Å²) in [4.78, 5) is 18.0. The van der Waals surface area contributed by atoms with E-state index < -0.39 is 0 Å². The predicted octanol–water partition coefficient (Wildman–Crippen LogP) is 2.59. The van der Waals surface area contributed by atoms with Gasteiger partial charge in [-0.05, 0) is 18.9 Å². The summed E-state index contributed by atoms with van der Waals surface area (Å²) in [5, 5.41) is 3.99. The third kappa shape index (κ3) is 2.46. The minimum absolute atomic E-state index is 0.0201. The van der Waals surface area contributed by atoms with Crippen LogP contribution in [0.5, 0.6) is 0 Å². The van der Waals surface area contributed by atoms with E-state index in [2.05, 4.69) is 22.4 Å². The zero-order valence-corrected chi connectivity index (χ0v) is 11.5. The van der Waals surface area contributed by atoms with E-state index in [1.807, 2.05) is 25.1 Å². The Labute approximate surface area is 116 Å². The zero-order valence-electron chi connectivity index (χ0n) is 10.7. The summed E-state index contributed by atoms with van der Waals surface area (Å²) in [5.74, 6) is 0. The number of benzene rings is 1. The van der Waals surface area contributed by atoms with Crippen LogP contribution in [-0.4, -0.2) is 23.6 Å². The molecule has 1 N–H and O–H groups in total.